The minimum absolute atomic E-state index is 1.22. The van der Waals surface area contributed by atoms with Crippen LogP contribution in [0.4, 0.5) is 0 Å². The molecule has 0 atom stereocenters. The number of allylic oxidation sites excluding steroid dienone is 2. The van der Waals surface area contributed by atoms with Crippen molar-refractivity contribution >= 4 is 0 Å². The van der Waals surface area contributed by atoms with Crippen molar-refractivity contribution in [3.63, 3.8) is 0 Å². The van der Waals surface area contributed by atoms with Crippen LogP contribution in [0.2, 0.25) is 0 Å². The fourth-order valence-electron chi connectivity index (χ4n) is 2.00. The first-order valence-corrected chi connectivity index (χ1v) is 4.41. The highest BCUT2D eigenvalue weighted by atomic mass is 14.9. The molecule has 0 bridgehead atoms. The van der Waals surface area contributed by atoms with Gasteiger partial charge in [0.25, 0.3) is 0 Å². The van der Waals surface area contributed by atoms with E-state index in [0.29, 0.717) is 0 Å². The minimum atomic E-state index is 1.22. The third-order valence-electron chi connectivity index (χ3n) is 2.58. The minimum Gasteiger partial charge on any atom is -0.388 e. The highest BCUT2D eigenvalue weighted by Gasteiger charge is 2.14. The maximum atomic E-state index is 3.50. The average molecular weight is 137 g/mol. The standard InChI is InChI=1S/C9H15N/c1-2-6-9-8(4-1)5-3-7-10-9/h10H,1-7H2. The molecule has 0 aromatic heterocycles. The molecule has 0 spiro atoms. The van der Waals surface area contributed by atoms with Crippen molar-refractivity contribution < 1.29 is 0 Å². The van der Waals surface area contributed by atoms with Gasteiger partial charge in [-0.15, -0.1) is 0 Å². The second-order valence-corrected chi connectivity index (χ2v) is 3.32. The maximum absolute atomic E-state index is 3.50. The van der Waals surface area contributed by atoms with Gasteiger partial charge in [-0.1, -0.05) is 5.57 Å². The maximum Gasteiger partial charge on any atom is 0.0147 e. The third kappa shape index (κ3) is 1.05. The molecule has 10 heavy (non-hydrogen) atoms. The highest BCUT2D eigenvalue weighted by molar-refractivity contribution is 5.17. The van der Waals surface area contributed by atoms with Gasteiger partial charge in [-0.05, 0) is 38.5 Å². The Morgan fingerprint density at radius 1 is 0.900 bits per heavy atom. The molecule has 0 fully saturated rings. The Bertz CT molecular complexity index is 124. The van der Waals surface area contributed by atoms with E-state index >= 15 is 0 Å². The van der Waals surface area contributed by atoms with Crippen molar-refractivity contribution in [3.8, 4) is 0 Å². The van der Waals surface area contributed by atoms with E-state index in [1.54, 1.807) is 11.3 Å². The summed E-state index contributed by atoms with van der Waals surface area (Å²) in [4.78, 5) is 0. The number of nitrogens with one attached hydrogen (secondary N) is 1. The van der Waals surface area contributed by atoms with Crippen LogP contribution in [0.15, 0.2) is 11.3 Å². The predicted molar refractivity (Wildman–Crippen MR) is 42.7 cm³/mol. The molecule has 0 radical (unpaired) electrons. The van der Waals surface area contributed by atoms with Gasteiger partial charge in [-0.25, -0.2) is 0 Å². The van der Waals surface area contributed by atoms with Gasteiger partial charge in [-0.3, -0.25) is 0 Å². The van der Waals surface area contributed by atoms with Crippen molar-refractivity contribution in [2.24, 2.45) is 0 Å². The van der Waals surface area contributed by atoms with E-state index in [4.69, 9.17) is 0 Å². The summed E-state index contributed by atoms with van der Waals surface area (Å²) in [7, 11) is 0. The molecule has 0 unspecified atom stereocenters. The van der Waals surface area contributed by atoms with E-state index in [-0.39, 0.29) is 0 Å². The summed E-state index contributed by atoms with van der Waals surface area (Å²) in [6.07, 6.45) is 8.28. The summed E-state index contributed by atoms with van der Waals surface area (Å²) < 4.78 is 0. The lowest BCUT2D eigenvalue weighted by Gasteiger charge is -2.25. The molecule has 56 valence electrons. The van der Waals surface area contributed by atoms with Gasteiger partial charge >= 0.3 is 0 Å². The first-order valence-electron chi connectivity index (χ1n) is 4.41. The van der Waals surface area contributed by atoms with Gasteiger partial charge in [0.1, 0.15) is 0 Å². The molecule has 0 aromatic carbocycles. The number of rotatable bonds is 0. The number of hydrogen-bond acceptors (Lipinski definition) is 1. The quantitative estimate of drug-likeness (QED) is 0.539. The van der Waals surface area contributed by atoms with Crippen LogP contribution in [0.25, 0.3) is 0 Å². The van der Waals surface area contributed by atoms with Gasteiger partial charge in [-0.2, -0.15) is 0 Å². The van der Waals surface area contributed by atoms with Crippen LogP contribution >= 0.6 is 0 Å². The van der Waals surface area contributed by atoms with Gasteiger partial charge in [0.15, 0.2) is 0 Å². The normalized spacial score (nSPS) is 25.6. The Morgan fingerprint density at radius 3 is 2.60 bits per heavy atom. The summed E-state index contributed by atoms with van der Waals surface area (Å²) >= 11 is 0. The van der Waals surface area contributed by atoms with E-state index < -0.39 is 0 Å². The molecule has 0 aromatic rings. The van der Waals surface area contributed by atoms with E-state index in [1.807, 2.05) is 0 Å². The van der Waals surface area contributed by atoms with Crippen molar-refractivity contribution in [1.82, 2.24) is 5.32 Å². The molecule has 2 rings (SSSR count). The van der Waals surface area contributed by atoms with Crippen LogP contribution in [0, 0.1) is 0 Å². The Morgan fingerprint density at radius 2 is 1.70 bits per heavy atom. The van der Waals surface area contributed by atoms with Crippen LogP contribution in [-0.2, 0) is 0 Å². The third-order valence-corrected chi connectivity index (χ3v) is 2.58. The van der Waals surface area contributed by atoms with Crippen molar-refractivity contribution in [2.75, 3.05) is 6.54 Å². The monoisotopic (exact) mass is 137 g/mol. The molecule has 1 N–H and O–H groups in total. The zero-order valence-corrected chi connectivity index (χ0v) is 6.45. The molecule has 0 amide bonds. The first-order chi connectivity index (χ1) is 4.97. The lowest BCUT2D eigenvalue weighted by atomic mass is 9.91. The molecule has 1 aliphatic heterocycles. The summed E-state index contributed by atoms with van der Waals surface area (Å²) in [6, 6.07) is 0. The lowest BCUT2D eigenvalue weighted by molar-refractivity contribution is 0.545. The average Bonchev–Trinajstić information content (AvgIpc) is 2.05. The smallest absolute Gasteiger partial charge is 0.0147 e. The van der Waals surface area contributed by atoms with Gasteiger partial charge < -0.3 is 5.32 Å². The molecule has 1 aliphatic carbocycles. The van der Waals surface area contributed by atoms with Crippen molar-refractivity contribution in [2.45, 2.75) is 38.5 Å². The van der Waals surface area contributed by atoms with Crippen LogP contribution in [0.3, 0.4) is 0 Å². The second-order valence-electron chi connectivity index (χ2n) is 3.32. The van der Waals surface area contributed by atoms with Crippen LogP contribution in [0.5, 0.6) is 0 Å². The van der Waals surface area contributed by atoms with E-state index in [2.05, 4.69) is 5.32 Å². The van der Waals surface area contributed by atoms with Crippen LogP contribution in [0.1, 0.15) is 38.5 Å². The van der Waals surface area contributed by atoms with Crippen LogP contribution < -0.4 is 5.32 Å². The van der Waals surface area contributed by atoms with Gasteiger partial charge in [0, 0.05) is 12.2 Å². The molecule has 0 saturated heterocycles. The lowest BCUT2D eigenvalue weighted by Crippen LogP contribution is -2.23. The number of hydrogen-bond donors (Lipinski definition) is 1. The summed E-state index contributed by atoms with van der Waals surface area (Å²) in [5.41, 5.74) is 3.33. The Hall–Kier alpha value is -0.460. The molecule has 1 heteroatoms. The Balaban J connectivity index is 2.14. The second kappa shape index (κ2) is 2.65. The predicted octanol–water partition coefficient (Wildman–Crippen LogP) is 2.20. The van der Waals surface area contributed by atoms with E-state index in [9.17, 15) is 0 Å². The zero-order chi connectivity index (χ0) is 6.81. The zero-order valence-electron chi connectivity index (χ0n) is 6.45. The molecular weight excluding hydrogens is 122 g/mol. The largest absolute Gasteiger partial charge is 0.388 e. The molecular formula is C9H15N. The van der Waals surface area contributed by atoms with Crippen LogP contribution in [-0.4, -0.2) is 6.54 Å². The molecule has 1 heterocycles. The highest BCUT2D eigenvalue weighted by Crippen LogP contribution is 2.28. The molecule has 2 aliphatic rings. The van der Waals surface area contributed by atoms with E-state index in [1.165, 1.54) is 45.1 Å². The summed E-state index contributed by atoms with van der Waals surface area (Å²) in [6.45, 7) is 1.22. The SMILES string of the molecule is C1CCC2=C(C1)CCCN2. The molecule has 1 nitrogen and oxygen atoms in total. The van der Waals surface area contributed by atoms with Gasteiger partial charge in [0.2, 0.25) is 0 Å². The molecule has 0 saturated carbocycles. The van der Waals surface area contributed by atoms with E-state index in [0.717, 1.165) is 0 Å². The van der Waals surface area contributed by atoms with Gasteiger partial charge in [0.05, 0.1) is 0 Å². The fraction of sp³-hybridized carbons (Fsp3) is 0.778. The Labute approximate surface area is 62.5 Å². The van der Waals surface area contributed by atoms with Crippen molar-refractivity contribution in [3.05, 3.63) is 11.3 Å². The first kappa shape index (κ1) is 6.26. The Kier molecular flexibility index (Phi) is 1.66. The summed E-state index contributed by atoms with van der Waals surface area (Å²) in [5, 5.41) is 3.50. The fourth-order valence-corrected chi connectivity index (χ4v) is 2.00. The summed E-state index contributed by atoms with van der Waals surface area (Å²) in [5.74, 6) is 0. The topological polar surface area (TPSA) is 12.0 Å². The van der Waals surface area contributed by atoms with Crippen molar-refractivity contribution in [1.29, 1.82) is 0 Å².